The molecule has 0 atom stereocenters. The highest BCUT2D eigenvalue weighted by molar-refractivity contribution is 6.31. The molecule has 6 nitrogen and oxygen atoms in total. The summed E-state index contributed by atoms with van der Waals surface area (Å²) in [5.41, 5.74) is 5.06. The van der Waals surface area contributed by atoms with Gasteiger partial charge in [-0.15, -0.1) is 0 Å². The molecule has 31 heavy (non-hydrogen) atoms. The number of carbonyl (C=O) groups excluding carboxylic acids is 1. The summed E-state index contributed by atoms with van der Waals surface area (Å²) in [6.45, 7) is 5.02. The van der Waals surface area contributed by atoms with Gasteiger partial charge in [-0.05, 0) is 49.2 Å². The minimum Gasteiger partial charge on any atom is -0.319 e. The minimum absolute atomic E-state index is 0.188. The molecule has 158 valence electrons. The smallest absolute Gasteiger partial charge is 0.255 e. The van der Waals surface area contributed by atoms with Gasteiger partial charge in [0.15, 0.2) is 0 Å². The fraction of sp³-hybridized carbons (Fsp3) is 0.174. The molecule has 2 aromatic heterocycles. The molecule has 0 spiro atoms. The maximum absolute atomic E-state index is 12.6. The first-order valence-corrected chi connectivity index (χ1v) is 10.5. The van der Waals surface area contributed by atoms with Crippen LogP contribution in [-0.4, -0.2) is 25.5 Å². The van der Waals surface area contributed by atoms with Crippen molar-refractivity contribution in [3.8, 4) is 0 Å². The molecule has 0 fully saturated rings. The van der Waals surface area contributed by atoms with Gasteiger partial charge in [0, 0.05) is 16.8 Å². The number of rotatable bonds is 6. The van der Waals surface area contributed by atoms with E-state index in [9.17, 15) is 4.79 Å². The monoisotopic (exact) mass is 453 g/mol. The molecule has 2 heterocycles. The lowest BCUT2D eigenvalue weighted by Crippen LogP contribution is -2.12. The van der Waals surface area contributed by atoms with Crippen LogP contribution in [0.3, 0.4) is 0 Å². The van der Waals surface area contributed by atoms with Gasteiger partial charge >= 0.3 is 0 Å². The van der Waals surface area contributed by atoms with E-state index in [4.69, 9.17) is 23.2 Å². The first kappa shape index (κ1) is 21.2. The maximum atomic E-state index is 12.6. The number of anilines is 1. The average molecular weight is 454 g/mol. The van der Waals surface area contributed by atoms with Crippen molar-refractivity contribution >= 4 is 34.8 Å². The lowest BCUT2D eigenvalue weighted by Gasteiger charge is -2.07. The highest BCUT2D eigenvalue weighted by Gasteiger charge is 2.11. The zero-order valence-electron chi connectivity index (χ0n) is 17.1. The number of aromatic nitrogens is 4. The number of hydrogen-bond donors (Lipinski definition) is 1. The molecule has 1 N–H and O–H groups in total. The molecular weight excluding hydrogens is 433 g/mol. The number of carbonyl (C=O) groups is 1. The molecule has 8 heteroatoms. The summed E-state index contributed by atoms with van der Waals surface area (Å²) in [5.74, 6) is -0.188. The summed E-state index contributed by atoms with van der Waals surface area (Å²) in [4.78, 5) is 12.6. The Labute approximate surface area is 190 Å². The SMILES string of the molecule is Cc1nn(Cc2ccc(C(=O)Nc3cnn(Cc4ccc(Cl)cc4)c3)cc2)c(C)c1Cl. The van der Waals surface area contributed by atoms with Crippen LogP contribution in [0.5, 0.6) is 0 Å². The van der Waals surface area contributed by atoms with Crippen molar-refractivity contribution in [2.75, 3.05) is 5.32 Å². The Kier molecular flexibility index (Phi) is 6.11. The summed E-state index contributed by atoms with van der Waals surface area (Å²) in [7, 11) is 0. The molecule has 1 amide bonds. The van der Waals surface area contributed by atoms with E-state index in [1.54, 1.807) is 29.2 Å². The van der Waals surface area contributed by atoms with Crippen molar-refractivity contribution in [2.24, 2.45) is 0 Å². The van der Waals surface area contributed by atoms with E-state index in [-0.39, 0.29) is 5.91 Å². The largest absolute Gasteiger partial charge is 0.319 e. The van der Waals surface area contributed by atoms with Gasteiger partial charge in [-0.3, -0.25) is 14.2 Å². The molecule has 0 aliphatic carbocycles. The molecule has 4 rings (SSSR count). The number of nitrogens with one attached hydrogen (secondary N) is 1. The van der Waals surface area contributed by atoms with Gasteiger partial charge in [0.1, 0.15) is 0 Å². The first-order valence-electron chi connectivity index (χ1n) is 9.76. The number of halogens is 2. The Hall–Kier alpha value is -3.09. The average Bonchev–Trinajstić information content (AvgIpc) is 3.29. The fourth-order valence-electron chi connectivity index (χ4n) is 3.26. The van der Waals surface area contributed by atoms with Crippen LogP contribution in [0, 0.1) is 13.8 Å². The number of aryl methyl sites for hydroxylation is 1. The van der Waals surface area contributed by atoms with Crippen LogP contribution < -0.4 is 5.32 Å². The topological polar surface area (TPSA) is 64.7 Å². The normalized spacial score (nSPS) is 11.0. The Bertz CT molecular complexity index is 1210. The Morgan fingerprint density at radius 2 is 1.61 bits per heavy atom. The fourth-order valence-corrected chi connectivity index (χ4v) is 3.52. The summed E-state index contributed by atoms with van der Waals surface area (Å²) in [6, 6.07) is 15.0. The molecule has 0 radical (unpaired) electrons. The Balaban J connectivity index is 1.38. The molecule has 4 aromatic rings. The van der Waals surface area contributed by atoms with Crippen molar-refractivity contribution in [3.63, 3.8) is 0 Å². The van der Waals surface area contributed by atoms with Crippen LogP contribution in [0.2, 0.25) is 10.0 Å². The minimum atomic E-state index is -0.188. The van der Waals surface area contributed by atoms with Gasteiger partial charge in [-0.2, -0.15) is 10.2 Å². The van der Waals surface area contributed by atoms with E-state index < -0.39 is 0 Å². The van der Waals surface area contributed by atoms with Gasteiger partial charge in [0.2, 0.25) is 0 Å². The third-order valence-electron chi connectivity index (χ3n) is 4.99. The predicted octanol–water partition coefficient (Wildman–Crippen LogP) is 5.35. The highest BCUT2D eigenvalue weighted by atomic mass is 35.5. The van der Waals surface area contributed by atoms with E-state index in [0.717, 1.165) is 22.5 Å². The van der Waals surface area contributed by atoms with E-state index in [2.05, 4.69) is 15.5 Å². The maximum Gasteiger partial charge on any atom is 0.255 e. The number of nitrogens with zero attached hydrogens (tertiary/aromatic N) is 4. The van der Waals surface area contributed by atoms with Crippen molar-refractivity contribution in [1.82, 2.24) is 19.6 Å². The lowest BCUT2D eigenvalue weighted by molar-refractivity contribution is 0.102. The van der Waals surface area contributed by atoms with Crippen molar-refractivity contribution in [3.05, 3.63) is 99.0 Å². The lowest BCUT2D eigenvalue weighted by atomic mass is 10.1. The molecule has 0 aliphatic heterocycles. The van der Waals surface area contributed by atoms with Gasteiger partial charge in [-0.1, -0.05) is 47.5 Å². The van der Waals surface area contributed by atoms with Crippen molar-refractivity contribution in [1.29, 1.82) is 0 Å². The molecule has 0 saturated carbocycles. The third kappa shape index (κ3) is 4.98. The first-order chi connectivity index (χ1) is 14.9. The number of hydrogen-bond acceptors (Lipinski definition) is 3. The van der Waals surface area contributed by atoms with Crippen LogP contribution in [0.15, 0.2) is 60.9 Å². The van der Waals surface area contributed by atoms with Gasteiger partial charge in [0.25, 0.3) is 5.91 Å². The zero-order chi connectivity index (χ0) is 22.0. The predicted molar refractivity (Wildman–Crippen MR) is 123 cm³/mol. The second kappa shape index (κ2) is 8.96. The Morgan fingerprint density at radius 3 is 2.26 bits per heavy atom. The molecule has 0 aliphatic rings. The Morgan fingerprint density at radius 1 is 0.968 bits per heavy atom. The van der Waals surface area contributed by atoms with Gasteiger partial charge < -0.3 is 5.32 Å². The summed E-state index contributed by atoms with van der Waals surface area (Å²) in [6.07, 6.45) is 3.43. The van der Waals surface area contributed by atoms with Crippen LogP contribution in [0.1, 0.15) is 32.9 Å². The zero-order valence-corrected chi connectivity index (χ0v) is 18.7. The highest BCUT2D eigenvalue weighted by Crippen LogP contribution is 2.20. The summed E-state index contributed by atoms with van der Waals surface area (Å²) < 4.78 is 3.63. The van der Waals surface area contributed by atoms with Crippen LogP contribution in [0.4, 0.5) is 5.69 Å². The van der Waals surface area contributed by atoms with E-state index in [1.807, 2.05) is 54.9 Å². The number of amides is 1. The van der Waals surface area contributed by atoms with Gasteiger partial charge in [0.05, 0.1) is 41.4 Å². The standard InChI is InChI=1S/C23H21Cl2N5O/c1-15-22(25)16(2)30(28-15)13-18-3-7-19(8-4-18)23(31)27-21-11-26-29(14-21)12-17-5-9-20(24)10-6-17/h3-11,14H,12-13H2,1-2H3,(H,27,31). The second-order valence-corrected chi connectivity index (χ2v) is 8.16. The van der Waals surface area contributed by atoms with Gasteiger partial charge in [-0.25, -0.2) is 0 Å². The third-order valence-corrected chi connectivity index (χ3v) is 5.79. The second-order valence-electron chi connectivity index (χ2n) is 7.35. The van der Waals surface area contributed by atoms with Crippen LogP contribution in [-0.2, 0) is 13.1 Å². The quantitative estimate of drug-likeness (QED) is 0.427. The molecule has 0 bridgehead atoms. The van der Waals surface area contributed by atoms with Crippen LogP contribution >= 0.6 is 23.2 Å². The molecule has 0 saturated heterocycles. The van der Waals surface area contributed by atoms with Crippen molar-refractivity contribution in [2.45, 2.75) is 26.9 Å². The summed E-state index contributed by atoms with van der Waals surface area (Å²) >= 11 is 12.1. The molecule has 0 unspecified atom stereocenters. The summed E-state index contributed by atoms with van der Waals surface area (Å²) in [5, 5.41) is 13.0. The van der Waals surface area contributed by atoms with E-state index >= 15 is 0 Å². The molecule has 2 aromatic carbocycles. The van der Waals surface area contributed by atoms with E-state index in [0.29, 0.717) is 34.4 Å². The molecular formula is C23H21Cl2N5O. The van der Waals surface area contributed by atoms with E-state index in [1.165, 1.54) is 0 Å². The number of benzene rings is 2. The van der Waals surface area contributed by atoms with Crippen LogP contribution in [0.25, 0.3) is 0 Å². The van der Waals surface area contributed by atoms with Crippen molar-refractivity contribution < 1.29 is 4.79 Å².